The number of aliphatic imine (C=N–C) groups is 1. The smallest absolute Gasteiger partial charge is 0.261 e. The van der Waals surface area contributed by atoms with Gasteiger partial charge in [-0.05, 0) is 53.1 Å². The maximum atomic E-state index is 7.03. The Hall–Kier alpha value is -2.53. The summed E-state index contributed by atoms with van der Waals surface area (Å²) in [5.74, 6) is 0. The highest BCUT2D eigenvalue weighted by Gasteiger charge is 2.49. The first-order valence-corrected chi connectivity index (χ1v) is 15.3. The third-order valence-electron chi connectivity index (χ3n) is 7.15. The van der Waals surface area contributed by atoms with Crippen LogP contribution < -0.4 is 10.4 Å². The molecule has 0 N–H and O–H groups in total. The quantitative estimate of drug-likeness (QED) is 0.209. The van der Waals surface area contributed by atoms with E-state index in [1.165, 1.54) is 21.6 Å². The minimum Gasteiger partial charge on any atom is -0.407 e. The fourth-order valence-electron chi connectivity index (χ4n) is 5.34. The van der Waals surface area contributed by atoms with Gasteiger partial charge in [0.15, 0.2) is 0 Å². The molecule has 1 heterocycles. The van der Waals surface area contributed by atoms with Gasteiger partial charge in [-0.25, -0.2) is 0 Å². The van der Waals surface area contributed by atoms with Gasteiger partial charge in [0, 0.05) is 12.3 Å². The van der Waals surface area contributed by atoms with Gasteiger partial charge in [-0.3, -0.25) is 4.99 Å². The van der Waals surface area contributed by atoms with E-state index in [-0.39, 0.29) is 5.04 Å². The van der Waals surface area contributed by atoms with Gasteiger partial charge in [-0.1, -0.05) is 112 Å². The van der Waals surface area contributed by atoms with Crippen LogP contribution in [-0.2, 0) is 15.8 Å². The summed E-state index contributed by atoms with van der Waals surface area (Å²) in [6.45, 7) is 9.19. The third kappa shape index (κ3) is 6.61. The molecule has 0 amide bonds. The molecule has 3 aromatic carbocycles. The van der Waals surface area contributed by atoms with Crippen LogP contribution in [0.4, 0.5) is 0 Å². The zero-order valence-electron chi connectivity index (χ0n) is 22.2. The molecule has 0 bridgehead atoms. The average molecular weight is 500 g/mol. The fourth-order valence-corrected chi connectivity index (χ4v) is 9.94. The van der Waals surface area contributed by atoms with E-state index < -0.39 is 8.32 Å². The van der Waals surface area contributed by atoms with Crippen molar-refractivity contribution >= 4 is 24.4 Å². The molecule has 0 spiro atoms. The molecule has 1 aliphatic heterocycles. The number of hydrogen-bond acceptors (Lipinski definition) is 3. The summed E-state index contributed by atoms with van der Waals surface area (Å²) in [5, 5.41) is 2.72. The summed E-state index contributed by atoms with van der Waals surface area (Å²) in [4.78, 5) is 4.96. The lowest BCUT2D eigenvalue weighted by atomic mass is 10.1. The molecule has 0 saturated carbocycles. The summed E-state index contributed by atoms with van der Waals surface area (Å²) < 4.78 is 13.0. The number of rotatable bonds is 12. The Morgan fingerprint density at radius 2 is 1.39 bits per heavy atom. The second-order valence-electron chi connectivity index (χ2n) is 10.9. The van der Waals surface area contributed by atoms with E-state index in [2.05, 4.69) is 106 Å². The number of benzene rings is 3. The van der Waals surface area contributed by atoms with E-state index >= 15 is 0 Å². The standard InChI is InChI=1S/C32H41NO2Si/c1-32(2,3)36(30-18-9-5-10-19-30,31-20-11-6-12-21-31)35-24-14-13-17-28-22-23-29(33-28)26-34-25-27-15-7-4-8-16-27/h4-12,15-16,18-21,29H,13-14,17,22-26H2,1-3H3/t29-/m0/s1. The molecule has 0 saturated heterocycles. The summed E-state index contributed by atoms with van der Waals surface area (Å²) in [6, 6.07) is 32.5. The van der Waals surface area contributed by atoms with Crippen molar-refractivity contribution in [2.24, 2.45) is 4.99 Å². The van der Waals surface area contributed by atoms with Crippen LogP contribution in [0.1, 0.15) is 58.4 Å². The molecule has 3 nitrogen and oxygen atoms in total. The molecule has 4 heteroatoms. The largest absolute Gasteiger partial charge is 0.407 e. The number of hydrogen-bond donors (Lipinski definition) is 0. The molecule has 0 radical (unpaired) electrons. The summed E-state index contributed by atoms with van der Waals surface area (Å²) >= 11 is 0. The Kier molecular flexibility index (Phi) is 9.30. The van der Waals surface area contributed by atoms with E-state index in [4.69, 9.17) is 14.2 Å². The zero-order chi connectivity index (χ0) is 25.3. The van der Waals surface area contributed by atoms with Gasteiger partial charge in [-0.15, -0.1) is 0 Å². The molecular formula is C32H41NO2Si. The van der Waals surface area contributed by atoms with Crippen molar-refractivity contribution in [1.29, 1.82) is 0 Å². The first-order chi connectivity index (χ1) is 17.5. The van der Waals surface area contributed by atoms with Crippen LogP contribution in [0.25, 0.3) is 0 Å². The Labute approximate surface area is 218 Å². The monoisotopic (exact) mass is 499 g/mol. The number of nitrogens with zero attached hydrogens (tertiary/aromatic N) is 1. The number of unbranched alkanes of at least 4 members (excludes halogenated alkanes) is 1. The minimum atomic E-state index is -2.43. The van der Waals surface area contributed by atoms with Crippen LogP contribution in [-0.4, -0.2) is 33.3 Å². The first-order valence-electron chi connectivity index (χ1n) is 13.4. The molecule has 190 valence electrons. The predicted molar refractivity (Wildman–Crippen MR) is 154 cm³/mol. The highest BCUT2D eigenvalue weighted by atomic mass is 28.4. The van der Waals surface area contributed by atoms with Crippen LogP contribution >= 0.6 is 0 Å². The molecule has 1 aliphatic rings. The second-order valence-corrected chi connectivity index (χ2v) is 15.2. The van der Waals surface area contributed by atoms with Crippen LogP contribution in [0.3, 0.4) is 0 Å². The van der Waals surface area contributed by atoms with E-state index in [1.807, 2.05) is 6.07 Å². The van der Waals surface area contributed by atoms with E-state index in [0.717, 1.165) is 45.3 Å². The van der Waals surface area contributed by atoms with Gasteiger partial charge in [0.25, 0.3) is 8.32 Å². The Morgan fingerprint density at radius 3 is 1.97 bits per heavy atom. The van der Waals surface area contributed by atoms with Gasteiger partial charge in [0.05, 0.1) is 19.3 Å². The molecule has 0 fully saturated rings. The lowest BCUT2D eigenvalue weighted by Crippen LogP contribution is -2.66. The predicted octanol–water partition coefficient (Wildman–Crippen LogP) is 6.55. The van der Waals surface area contributed by atoms with Gasteiger partial charge in [0.2, 0.25) is 0 Å². The van der Waals surface area contributed by atoms with Crippen LogP contribution in [0.2, 0.25) is 5.04 Å². The summed E-state index contributed by atoms with van der Waals surface area (Å²) in [5.41, 5.74) is 2.58. The molecule has 36 heavy (non-hydrogen) atoms. The Bertz CT molecular complexity index is 1040. The van der Waals surface area contributed by atoms with Crippen molar-refractivity contribution in [1.82, 2.24) is 0 Å². The average Bonchev–Trinajstić information content (AvgIpc) is 3.35. The van der Waals surface area contributed by atoms with Crippen molar-refractivity contribution in [3.8, 4) is 0 Å². The van der Waals surface area contributed by atoms with Crippen molar-refractivity contribution in [3.63, 3.8) is 0 Å². The summed E-state index contributed by atoms with van der Waals surface area (Å²) in [6.07, 6.45) is 5.46. The topological polar surface area (TPSA) is 30.8 Å². The Morgan fingerprint density at radius 1 is 0.806 bits per heavy atom. The fraction of sp³-hybridized carbons (Fsp3) is 0.406. The van der Waals surface area contributed by atoms with Crippen molar-refractivity contribution in [3.05, 3.63) is 96.6 Å². The van der Waals surface area contributed by atoms with Crippen LogP contribution in [0, 0.1) is 0 Å². The lowest BCUT2D eigenvalue weighted by Gasteiger charge is -2.43. The van der Waals surface area contributed by atoms with E-state index in [9.17, 15) is 0 Å². The Balaban J connectivity index is 1.30. The SMILES string of the molecule is CC(C)(C)[Si](OCCCCC1=N[C@H](COCc2ccccc2)CC1)(c1ccccc1)c1ccccc1. The maximum absolute atomic E-state index is 7.03. The molecule has 0 aliphatic carbocycles. The maximum Gasteiger partial charge on any atom is 0.261 e. The molecule has 0 aromatic heterocycles. The molecule has 0 unspecified atom stereocenters. The molecule has 3 aromatic rings. The molecule has 4 rings (SSSR count). The minimum absolute atomic E-state index is 0.0260. The van der Waals surface area contributed by atoms with Gasteiger partial charge >= 0.3 is 0 Å². The van der Waals surface area contributed by atoms with Gasteiger partial charge in [0.1, 0.15) is 0 Å². The van der Waals surface area contributed by atoms with Crippen molar-refractivity contribution in [2.75, 3.05) is 13.2 Å². The second kappa shape index (κ2) is 12.6. The van der Waals surface area contributed by atoms with Crippen LogP contribution in [0.5, 0.6) is 0 Å². The van der Waals surface area contributed by atoms with Crippen molar-refractivity contribution in [2.45, 2.75) is 70.6 Å². The number of ether oxygens (including phenoxy) is 1. The normalized spacial score (nSPS) is 16.2. The first kappa shape index (κ1) is 26.5. The molecule has 1 atom stereocenters. The van der Waals surface area contributed by atoms with Crippen molar-refractivity contribution < 1.29 is 9.16 Å². The van der Waals surface area contributed by atoms with E-state index in [1.54, 1.807) is 0 Å². The highest BCUT2D eigenvalue weighted by molar-refractivity contribution is 6.99. The lowest BCUT2D eigenvalue weighted by molar-refractivity contribution is 0.108. The summed E-state index contributed by atoms with van der Waals surface area (Å²) in [7, 11) is -2.43. The van der Waals surface area contributed by atoms with E-state index in [0.29, 0.717) is 12.6 Å². The van der Waals surface area contributed by atoms with Gasteiger partial charge in [-0.2, -0.15) is 0 Å². The van der Waals surface area contributed by atoms with Gasteiger partial charge < -0.3 is 9.16 Å². The zero-order valence-corrected chi connectivity index (χ0v) is 23.2. The highest BCUT2D eigenvalue weighted by Crippen LogP contribution is 2.36. The van der Waals surface area contributed by atoms with Crippen LogP contribution in [0.15, 0.2) is 96.0 Å². The molecular weight excluding hydrogens is 458 g/mol. The third-order valence-corrected chi connectivity index (χ3v) is 12.2.